The summed E-state index contributed by atoms with van der Waals surface area (Å²) in [5, 5.41) is 2.92. The molecule has 0 saturated carbocycles. The summed E-state index contributed by atoms with van der Waals surface area (Å²) in [5.74, 6) is 1.41. The normalized spacial score (nSPS) is 21.1. The Bertz CT molecular complexity index is 365. The lowest BCUT2D eigenvalue weighted by atomic mass is 10.1. The van der Waals surface area contributed by atoms with E-state index in [0.29, 0.717) is 0 Å². The number of amides is 1. The first-order valence-corrected chi connectivity index (χ1v) is 8.40. The monoisotopic (exact) mass is 294 g/mol. The summed E-state index contributed by atoms with van der Waals surface area (Å²) < 4.78 is 0.979. The van der Waals surface area contributed by atoms with E-state index in [2.05, 4.69) is 18.8 Å². The fraction of sp³-hybridized carbons (Fsp3) is 0.765. The average molecular weight is 294 g/mol. The summed E-state index contributed by atoms with van der Waals surface area (Å²) in [7, 11) is 0. The molecule has 1 amide bonds. The van der Waals surface area contributed by atoms with Crippen molar-refractivity contribution in [3.63, 3.8) is 0 Å². The highest BCUT2D eigenvalue weighted by Gasteiger charge is 2.35. The molecule has 4 heteroatoms. The number of hydrogen-bond acceptors (Lipinski definition) is 2. The molecule has 120 valence electrons. The molecule has 0 aromatic heterocycles. The van der Waals surface area contributed by atoms with E-state index in [-0.39, 0.29) is 5.91 Å². The van der Waals surface area contributed by atoms with Crippen LogP contribution in [0.1, 0.15) is 52.4 Å². The topological polar surface area (TPSA) is 41.5 Å². The van der Waals surface area contributed by atoms with Gasteiger partial charge in [0, 0.05) is 13.3 Å². The zero-order chi connectivity index (χ0) is 15.6. The number of carbonyl (C=O) groups is 1. The van der Waals surface area contributed by atoms with E-state index in [9.17, 15) is 4.79 Å². The van der Waals surface area contributed by atoms with Crippen LogP contribution >= 0.6 is 0 Å². The maximum absolute atomic E-state index is 11.0. The second-order valence-corrected chi connectivity index (χ2v) is 5.93. The number of hydrogen-bond donors (Lipinski definition) is 1. The lowest BCUT2D eigenvalue weighted by molar-refractivity contribution is -0.833. The molecule has 0 aromatic rings. The van der Waals surface area contributed by atoms with Crippen molar-refractivity contribution in [3.8, 4) is 0 Å². The van der Waals surface area contributed by atoms with E-state index in [1.165, 1.54) is 31.5 Å². The molecular formula is C17H32N3O+. The fourth-order valence-electron chi connectivity index (χ4n) is 3.08. The summed E-state index contributed by atoms with van der Waals surface area (Å²) in [5.41, 5.74) is 0. The van der Waals surface area contributed by atoms with Crippen molar-refractivity contribution in [2.45, 2.75) is 52.4 Å². The first kappa shape index (κ1) is 17.9. The highest BCUT2D eigenvalue weighted by atomic mass is 16.1. The fourth-order valence-corrected chi connectivity index (χ4v) is 3.08. The smallest absolute Gasteiger partial charge is 0.217 e. The Morgan fingerprint density at radius 2 is 2.14 bits per heavy atom. The SMILES string of the molecule is C=CCCCCCCC1=NCC[N+]1(CC)CCNC(C)=O. The van der Waals surface area contributed by atoms with Gasteiger partial charge in [0.05, 0.1) is 19.6 Å². The van der Waals surface area contributed by atoms with Crippen LogP contribution in [0.5, 0.6) is 0 Å². The zero-order valence-corrected chi connectivity index (χ0v) is 13.9. The van der Waals surface area contributed by atoms with Gasteiger partial charge in [-0.05, 0) is 26.2 Å². The van der Waals surface area contributed by atoms with Gasteiger partial charge in [-0.3, -0.25) is 9.28 Å². The summed E-state index contributed by atoms with van der Waals surface area (Å²) in [6.45, 7) is 12.4. The number of nitrogens with zero attached hydrogens (tertiary/aromatic N) is 2. The molecule has 0 aromatic carbocycles. The van der Waals surface area contributed by atoms with E-state index in [4.69, 9.17) is 4.99 Å². The van der Waals surface area contributed by atoms with Gasteiger partial charge in [0.1, 0.15) is 13.1 Å². The van der Waals surface area contributed by atoms with E-state index >= 15 is 0 Å². The van der Waals surface area contributed by atoms with Crippen LogP contribution in [0.2, 0.25) is 0 Å². The first-order chi connectivity index (χ1) is 10.1. The highest BCUT2D eigenvalue weighted by Crippen LogP contribution is 2.19. The maximum atomic E-state index is 11.0. The Kier molecular flexibility index (Phi) is 8.28. The Balaban J connectivity index is 2.36. The molecule has 1 N–H and O–H groups in total. The van der Waals surface area contributed by atoms with Crippen LogP contribution in [0, 0.1) is 0 Å². The van der Waals surface area contributed by atoms with Crippen molar-refractivity contribution in [1.82, 2.24) is 5.32 Å². The lowest BCUT2D eigenvalue weighted by Gasteiger charge is -2.33. The molecular weight excluding hydrogens is 262 g/mol. The van der Waals surface area contributed by atoms with Crippen molar-refractivity contribution in [2.75, 3.05) is 32.7 Å². The molecule has 1 heterocycles. The molecule has 0 saturated heterocycles. The minimum absolute atomic E-state index is 0.0594. The largest absolute Gasteiger partial charge is 0.351 e. The maximum Gasteiger partial charge on any atom is 0.217 e. The number of rotatable bonds is 11. The number of likely N-dealkylation sites (N-methyl/N-ethyl adjacent to an activating group) is 1. The Morgan fingerprint density at radius 3 is 2.81 bits per heavy atom. The summed E-state index contributed by atoms with van der Waals surface area (Å²) >= 11 is 0. The number of nitrogens with one attached hydrogen (secondary N) is 1. The van der Waals surface area contributed by atoms with Gasteiger partial charge >= 0.3 is 0 Å². The van der Waals surface area contributed by atoms with Crippen LogP contribution in [0.4, 0.5) is 0 Å². The summed E-state index contributed by atoms with van der Waals surface area (Å²) in [4.78, 5) is 15.8. The minimum Gasteiger partial charge on any atom is -0.351 e. The molecule has 0 bridgehead atoms. The zero-order valence-electron chi connectivity index (χ0n) is 13.9. The van der Waals surface area contributed by atoms with Crippen LogP contribution in [0.15, 0.2) is 17.6 Å². The molecule has 1 atom stereocenters. The molecule has 4 nitrogen and oxygen atoms in total. The van der Waals surface area contributed by atoms with Crippen LogP contribution in [-0.4, -0.2) is 48.9 Å². The van der Waals surface area contributed by atoms with Crippen molar-refractivity contribution >= 4 is 11.7 Å². The van der Waals surface area contributed by atoms with Crippen LogP contribution in [0.3, 0.4) is 0 Å². The number of amidine groups is 1. The molecule has 1 aliphatic rings. The Morgan fingerprint density at radius 1 is 1.38 bits per heavy atom. The van der Waals surface area contributed by atoms with Crippen LogP contribution in [0.25, 0.3) is 0 Å². The predicted molar refractivity (Wildman–Crippen MR) is 89.4 cm³/mol. The third kappa shape index (κ3) is 6.00. The van der Waals surface area contributed by atoms with Crippen molar-refractivity contribution in [3.05, 3.63) is 12.7 Å². The average Bonchev–Trinajstić information content (AvgIpc) is 2.86. The number of aliphatic imine (C=N–C) groups is 1. The van der Waals surface area contributed by atoms with E-state index in [0.717, 1.165) is 50.0 Å². The Hall–Kier alpha value is -1.16. The quantitative estimate of drug-likeness (QED) is 0.355. The second-order valence-electron chi connectivity index (χ2n) is 5.93. The number of quaternary nitrogens is 1. The molecule has 1 rings (SSSR count). The Labute approximate surface area is 129 Å². The van der Waals surface area contributed by atoms with E-state index in [1.807, 2.05) is 6.08 Å². The van der Waals surface area contributed by atoms with Gasteiger partial charge in [0.25, 0.3) is 0 Å². The van der Waals surface area contributed by atoms with Gasteiger partial charge in [-0.25, -0.2) is 4.99 Å². The standard InChI is InChI=1S/C17H31N3O/c1-4-6-7-8-9-10-11-17-19-13-15-20(17,5-2)14-12-18-16(3)21/h4H,1,5-15H2,2-3H3/p+1. The van der Waals surface area contributed by atoms with Gasteiger partial charge in [-0.15, -0.1) is 6.58 Å². The van der Waals surface area contributed by atoms with Gasteiger partial charge in [0.15, 0.2) is 5.84 Å². The van der Waals surface area contributed by atoms with E-state index in [1.54, 1.807) is 6.92 Å². The number of unbranched alkanes of at least 4 members (excludes halogenated alkanes) is 4. The van der Waals surface area contributed by atoms with Gasteiger partial charge < -0.3 is 5.32 Å². The second kappa shape index (κ2) is 9.72. The molecule has 0 radical (unpaired) electrons. The lowest BCUT2D eigenvalue weighted by Crippen LogP contribution is -2.54. The first-order valence-electron chi connectivity index (χ1n) is 8.40. The molecule has 1 aliphatic heterocycles. The van der Waals surface area contributed by atoms with Gasteiger partial charge in [-0.2, -0.15) is 0 Å². The van der Waals surface area contributed by atoms with E-state index < -0.39 is 0 Å². The van der Waals surface area contributed by atoms with Gasteiger partial charge in [-0.1, -0.05) is 18.9 Å². The molecule has 0 spiro atoms. The summed E-state index contributed by atoms with van der Waals surface area (Å²) in [6.07, 6.45) is 9.30. The summed E-state index contributed by atoms with van der Waals surface area (Å²) in [6, 6.07) is 0. The molecule has 0 aliphatic carbocycles. The number of carbonyl (C=O) groups excluding carboxylic acids is 1. The molecule has 21 heavy (non-hydrogen) atoms. The predicted octanol–water partition coefficient (Wildman–Crippen LogP) is 2.90. The van der Waals surface area contributed by atoms with Crippen LogP contribution < -0.4 is 5.32 Å². The van der Waals surface area contributed by atoms with Crippen molar-refractivity contribution < 1.29 is 9.28 Å². The van der Waals surface area contributed by atoms with Crippen molar-refractivity contribution in [1.29, 1.82) is 0 Å². The van der Waals surface area contributed by atoms with Crippen molar-refractivity contribution in [2.24, 2.45) is 4.99 Å². The third-order valence-electron chi connectivity index (χ3n) is 4.45. The number of allylic oxidation sites excluding steroid dienone is 1. The minimum atomic E-state index is 0.0594. The molecule has 0 fully saturated rings. The highest BCUT2D eigenvalue weighted by molar-refractivity contribution is 5.77. The van der Waals surface area contributed by atoms with Gasteiger partial charge in [0.2, 0.25) is 5.91 Å². The third-order valence-corrected chi connectivity index (χ3v) is 4.45. The molecule has 1 unspecified atom stereocenters. The van der Waals surface area contributed by atoms with Crippen LogP contribution in [-0.2, 0) is 4.79 Å².